The van der Waals surface area contributed by atoms with Crippen molar-refractivity contribution in [3.63, 3.8) is 0 Å². The summed E-state index contributed by atoms with van der Waals surface area (Å²) in [6.07, 6.45) is 1.78. The standard InChI is InChI=1S/C6H10N2O2S2/c1-12(9,10)6-8-5(2-3-7)4-11-6/h4H,2-3,7H2,1H3. The van der Waals surface area contributed by atoms with Gasteiger partial charge in [0, 0.05) is 18.1 Å². The first-order chi connectivity index (χ1) is 5.54. The second-order valence-electron chi connectivity index (χ2n) is 2.42. The molecule has 0 amide bonds. The molecule has 0 bridgehead atoms. The van der Waals surface area contributed by atoms with E-state index in [4.69, 9.17) is 5.73 Å². The lowest BCUT2D eigenvalue weighted by Gasteiger charge is -1.89. The van der Waals surface area contributed by atoms with Crippen LogP contribution < -0.4 is 5.73 Å². The maximum Gasteiger partial charge on any atom is 0.209 e. The lowest BCUT2D eigenvalue weighted by Crippen LogP contribution is -2.03. The molecule has 1 aromatic rings. The third kappa shape index (κ3) is 2.26. The van der Waals surface area contributed by atoms with Crippen LogP contribution in [0, 0.1) is 0 Å². The van der Waals surface area contributed by atoms with Gasteiger partial charge >= 0.3 is 0 Å². The van der Waals surface area contributed by atoms with Gasteiger partial charge in [0.2, 0.25) is 14.2 Å². The van der Waals surface area contributed by atoms with Gasteiger partial charge in [-0.15, -0.1) is 11.3 Å². The molecule has 0 atom stereocenters. The third-order valence-electron chi connectivity index (χ3n) is 1.25. The number of aromatic nitrogens is 1. The van der Waals surface area contributed by atoms with E-state index in [1.54, 1.807) is 5.38 Å². The van der Waals surface area contributed by atoms with Gasteiger partial charge in [0.25, 0.3) is 0 Å². The molecule has 2 N–H and O–H groups in total. The molecule has 68 valence electrons. The van der Waals surface area contributed by atoms with E-state index in [-0.39, 0.29) is 4.34 Å². The number of nitrogens with zero attached hydrogens (tertiary/aromatic N) is 1. The summed E-state index contributed by atoms with van der Waals surface area (Å²) < 4.78 is 22.1. The average molecular weight is 206 g/mol. The van der Waals surface area contributed by atoms with Gasteiger partial charge in [-0.2, -0.15) is 0 Å². The van der Waals surface area contributed by atoms with Crippen molar-refractivity contribution in [2.75, 3.05) is 12.8 Å². The predicted molar refractivity (Wildman–Crippen MR) is 48.0 cm³/mol. The Bertz CT molecular complexity index is 355. The highest BCUT2D eigenvalue weighted by atomic mass is 32.2. The van der Waals surface area contributed by atoms with E-state index in [9.17, 15) is 8.42 Å². The second-order valence-corrected chi connectivity index (χ2v) is 5.46. The van der Waals surface area contributed by atoms with E-state index in [0.29, 0.717) is 13.0 Å². The van der Waals surface area contributed by atoms with Crippen LogP contribution in [0.4, 0.5) is 0 Å². The first-order valence-corrected chi connectivity index (χ1v) is 6.15. The summed E-state index contributed by atoms with van der Waals surface area (Å²) in [5.41, 5.74) is 6.05. The normalized spacial score (nSPS) is 11.8. The Balaban J connectivity index is 2.92. The van der Waals surface area contributed by atoms with Crippen LogP contribution in [0.3, 0.4) is 0 Å². The number of thiazole rings is 1. The minimum absolute atomic E-state index is 0.172. The fraction of sp³-hybridized carbons (Fsp3) is 0.500. The summed E-state index contributed by atoms with van der Waals surface area (Å²) in [5.74, 6) is 0. The van der Waals surface area contributed by atoms with Crippen LogP contribution in [-0.4, -0.2) is 26.2 Å². The molecular weight excluding hydrogens is 196 g/mol. The fourth-order valence-electron chi connectivity index (χ4n) is 0.721. The molecule has 0 aliphatic rings. The van der Waals surface area contributed by atoms with Gasteiger partial charge in [-0.25, -0.2) is 13.4 Å². The lowest BCUT2D eigenvalue weighted by molar-refractivity contribution is 0.600. The maximum absolute atomic E-state index is 11.0. The molecule has 1 aromatic heterocycles. The van der Waals surface area contributed by atoms with Crippen molar-refractivity contribution >= 4 is 21.2 Å². The number of sulfone groups is 1. The van der Waals surface area contributed by atoms with Crippen molar-refractivity contribution in [2.45, 2.75) is 10.8 Å². The molecule has 0 radical (unpaired) electrons. The van der Waals surface area contributed by atoms with E-state index < -0.39 is 9.84 Å². The third-order valence-corrected chi connectivity index (χ3v) is 3.85. The minimum Gasteiger partial charge on any atom is -0.330 e. The Morgan fingerprint density at radius 3 is 2.75 bits per heavy atom. The number of nitrogens with two attached hydrogens (primary N) is 1. The zero-order chi connectivity index (χ0) is 9.19. The van der Waals surface area contributed by atoms with Crippen molar-refractivity contribution in [1.29, 1.82) is 0 Å². The molecule has 0 aliphatic heterocycles. The largest absolute Gasteiger partial charge is 0.330 e. The predicted octanol–water partition coefficient (Wildman–Crippen LogP) is 0.0478. The monoisotopic (exact) mass is 206 g/mol. The molecule has 0 spiro atoms. The van der Waals surface area contributed by atoms with E-state index >= 15 is 0 Å². The molecule has 4 nitrogen and oxygen atoms in total. The summed E-state index contributed by atoms with van der Waals surface area (Å²) in [7, 11) is -3.13. The minimum atomic E-state index is -3.13. The number of rotatable bonds is 3. The topological polar surface area (TPSA) is 73.0 Å². The highest BCUT2D eigenvalue weighted by molar-refractivity contribution is 7.92. The van der Waals surface area contributed by atoms with E-state index in [0.717, 1.165) is 23.3 Å². The van der Waals surface area contributed by atoms with Gasteiger partial charge < -0.3 is 5.73 Å². The van der Waals surface area contributed by atoms with Crippen molar-refractivity contribution in [3.05, 3.63) is 11.1 Å². The molecule has 0 fully saturated rings. The molecule has 0 unspecified atom stereocenters. The van der Waals surface area contributed by atoms with E-state index in [2.05, 4.69) is 4.98 Å². The Hall–Kier alpha value is -0.460. The van der Waals surface area contributed by atoms with Crippen LogP contribution in [0.5, 0.6) is 0 Å². The van der Waals surface area contributed by atoms with Crippen molar-refractivity contribution in [2.24, 2.45) is 5.73 Å². The van der Waals surface area contributed by atoms with Crippen molar-refractivity contribution in [1.82, 2.24) is 4.98 Å². The molecule has 0 saturated heterocycles. The van der Waals surface area contributed by atoms with E-state index in [1.165, 1.54) is 0 Å². The molecule has 0 saturated carbocycles. The SMILES string of the molecule is CS(=O)(=O)c1nc(CCN)cs1. The summed E-state index contributed by atoms with van der Waals surface area (Å²) in [5, 5.41) is 1.73. The van der Waals surface area contributed by atoms with Gasteiger partial charge in [0.1, 0.15) is 0 Å². The van der Waals surface area contributed by atoms with Crippen molar-refractivity contribution in [3.8, 4) is 0 Å². The quantitative estimate of drug-likeness (QED) is 0.758. The molecular formula is C6H10N2O2S2. The number of hydrogen-bond donors (Lipinski definition) is 1. The Kier molecular flexibility index (Phi) is 2.81. The van der Waals surface area contributed by atoms with Gasteiger partial charge in [-0.05, 0) is 6.54 Å². The molecule has 12 heavy (non-hydrogen) atoms. The Morgan fingerprint density at radius 1 is 1.67 bits per heavy atom. The smallest absolute Gasteiger partial charge is 0.209 e. The van der Waals surface area contributed by atoms with Crippen LogP contribution in [0.15, 0.2) is 9.72 Å². The van der Waals surface area contributed by atoms with Crippen LogP contribution in [0.25, 0.3) is 0 Å². The Labute approximate surface area is 75.4 Å². The molecule has 6 heteroatoms. The molecule has 0 aromatic carbocycles. The van der Waals surface area contributed by atoms with Crippen molar-refractivity contribution < 1.29 is 8.42 Å². The van der Waals surface area contributed by atoms with Gasteiger partial charge in [-0.3, -0.25) is 0 Å². The van der Waals surface area contributed by atoms with Gasteiger partial charge in [0.15, 0.2) is 0 Å². The van der Waals surface area contributed by atoms with Crippen LogP contribution >= 0.6 is 11.3 Å². The fourth-order valence-corrected chi connectivity index (χ4v) is 2.43. The number of hydrogen-bond acceptors (Lipinski definition) is 5. The Morgan fingerprint density at radius 2 is 2.33 bits per heavy atom. The highest BCUT2D eigenvalue weighted by Crippen LogP contribution is 2.15. The van der Waals surface area contributed by atoms with Gasteiger partial charge in [-0.1, -0.05) is 0 Å². The first-order valence-electron chi connectivity index (χ1n) is 3.38. The second kappa shape index (κ2) is 3.51. The maximum atomic E-state index is 11.0. The summed E-state index contributed by atoms with van der Waals surface area (Å²) in [6, 6.07) is 0. The molecule has 0 aliphatic carbocycles. The summed E-state index contributed by atoms with van der Waals surface area (Å²) in [4.78, 5) is 3.92. The lowest BCUT2D eigenvalue weighted by atomic mass is 10.3. The van der Waals surface area contributed by atoms with Gasteiger partial charge in [0.05, 0.1) is 5.69 Å². The summed E-state index contributed by atoms with van der Waals surface area (Å²) >= 11 is 1.14. The summed E-state index contributed by atoms with van der Waals surface area (Å²) in [6.45, 7) is 0.493. The average Bonchev–Trinajstić information content (AvgIpc) is 2.35. The van der Waals surface area contributed by atoms with Crippen LogP contribution in [-0.2, 0) is 16.3 Å². The zero-order valence-electron chi connectivity index (χ0n) is 6.65. The zero-order valence-corrected chi connectivity index (χ0v) is 8.28. The molecule has 1 heterocycles. The van der Waals surface area contributed by atoms with Crippen LogP contribution in [0.1, 0.15) is 5.69 Å². The molecule has 1 rings (SSSR count). The van der Waals surface area contributed by atoms with Crippen LogP contribution in [0.2, 0.25) is 0 Å². The van der Waals surface area contributed by atoms with E-state index in [1.807, 2.05) is 0 Å². The highest BCUT2D eigenvalue weighted by Gasteiger charge is 2.11. The first kappa shape index (κ1) is 9.63.